The van der Waals surface area contributed by atoms with E-state index < -0.39 is 0 Å². The summed E-state index contributed by atoms with van der Waals surface area (Å²) in [5.74, 6) is 0.148. The van der Waals surface area contributed by atoms with Gasteiger partial charge in [0.15, 0.2) is 0 Å². The second kappa shape index (κ2) is 6.62. The monoisotopic (exact) mass is 291 g/mol. The Hall–Kier alpha value is -1.33. The van der Waals surface area contributed by atoms with E-state index in [0.717, 1.165) is 25.9 Å². The van der Waals surface area contributed by atoms with E-state index in [4.69, 9.17) is 4.74 Å². The van der Waals surface area contributed by atoms with Crippen LogP contribution in [0.25, 0.3) is 0 Å². The summed E-state index contributed by atoms with van der Waals surface area (Å²) in [5.41, 5.74) is 1.23. The van der Waals surface area contributed by atoms with Crippen LogP contribution >= 0.6 is 0 Å². The lowest BCUT2D eigenvalue weighted by Crippen LogP contribution is -2.50. The van der Waals surface area contributed by atoms with Crippen LogP contribution in [-0.4, -0.2) is 47.7 Å². The van der Waals surface area contributed by atoms with Crippen molar-refractivity contribution in [2.75, 3.05) is 26.2 Å². The van der Waals surface area contributed by atoms with Gasteiger partial charge in [0.1, 0.15) is 6.10 Å². The van der Waals surface area contributed by atoms with Gasteiger partial charge < -0.3 is 19.5 Å². The molecule has 0 radical (unpaired) electrons. The van der Waals surface area contributed by atoms with E-state index in [2.05, 4.69) is 40.2 Å². The SMILES string of the molecule is Cn1cccc1C1CCCCCN1C(=O)C1CNCCO1. The summed E-state index contributed by atoms with van der Waals surface area (Å²) in [4.78, 5) is 14.9. The Morgan fingerprint density at radius 3 is 3.00 bits per heavy atom. The number of nitrogens with one attached hydrogen (secondary N) is 1. The molecule has 0 aliphatic carbocycles. The van der Waals surface area contributed by atoms with Crippen molar-refractivity contribution in [1.82, 2.24) is 14.8 Å². The zero-order valence-corrected chi connectivity index (χ0v) is 12.8. The molecule has 2 aliphatic heterocycles. The topological polar surface area (TPSA) is 46.5 Å². The fourth-order valence-electron chi connectivity index (χ4n) is 3.41. The van der Waals surface area contributed by atoms with Crippen molar-refractivity contribution in [1.29, 1.82) is 0 Å². The number of nitrogens with zero attached hydrogens (tertiary/aromatic N) is 2. The Labute approximate surface area is 126 Å². The van der Waals surface area contributed by atoms with Gasteiger partial charge in [-0.1, -0.05) is 12.8 Å². The molecule has 3 rings (SSSR count). The minimum absolute atomic E-state index is 0.148. The number of ether oxygens (including phenoxy) is 1. The Morgan fingerprint density at radius 2 is 2.29 bits per heavy atom. The number of carbonyl (C=O) groups excluding carboxylic acids is 1. The number of carbonyl (C=O) groups is 1. The minimum atomic E-state index is -0.320. The van der Waals surface area contributed by atoms with Gasteiger partial charge in [-0.05, 0) is 25.0 Å². The van der Waals surface area contributed by atoms with Gasteiger partial charge >= 0.3 is 0 Å². The molecule has 2 unspecified atom stereocenters. The minimum Gasteiger partial charge on any atom is -0.366 e. The second-order valence-corrected chi connectivity index (χ2v) is 6.00. The molecule has 1 N–H and O–H groups in total. The quantitative estimate of drug-likeness (QED) is 0.897. The smallest absolute Gasteiger partial charge is 0.253 e. The largest absolute Gasteiger partial charge is 0.366 e. The standard InChI is InChI=1S/C16H25N3O2/c1-18-9-5-7-13(18)14-6-3-2-4-10-19(14)16(20)15-12-17-8-11-21-15/h5,7,9,14-15,17H,2-4,6,8,10-12H2,1H3. The number of hydrogen-bond acceptors (Lipinski definition) is 3. The second-order valence-electron chi connectivity index (χ2n) is 6.00. The summed E-state index contributed by atoms with van der Waals surface area (Å²) >= 11 is 0. The molecular weight excluding hydrogens is 266 g/mol. The maximum absolute atomic E-state index is 12.9. The van der Waals surface area contributed by atoms with Crippen molar-refractivity contribution in [3.05, 3.63) is 24.0 Å². The summed E-state index contributed by atoms with van der Waals surface area (Å²) in [6.45, 7) is 2.94. The zero-order valence-electron chi connectivity index (χ0n) is 12.8. The molecule has 0 bridgehead atoms. The highest BCUT2D eigenvalue weighted by atomic mass is 16.5. The van der Waals surface area contributed by atoms with Gasteiger partial charge in [0.05, 0.1) is 12.6 Å². The van der Waals surface area contributed by atoms with E-state index in [1.54, 1.807) is 0 Å². The molecule has 1 aromatic heterocycles. The van der Waals surface area contributed by atoms with Crippen LogP contribution in [0.4, 0.5) is 0 Å². The van der Waals surface area contributed by atoms with Crippen molar-refractivity contribution < 1.29 is 9.53 Å². The fraction of sp³-hybridized carbons (Fsp3) is 0.688. The summed E-state index contributed by atoms with van der Waals surface area (Å²) < 4.78 is 7.80. The Balaban J connectivity index is 1.81. The molecule has 2 fully saturated rings. The lowest BCUT2D eigenvalue weighted by molar-refractivity contribution is -0.147. The van der Waals surface area contributed by atoms with Gasteiger partial charge in [-0.2, -0.15) is 0 Å². The Kier molecular flexibility index (Phi) is 4.60. The first kappa shape index (κ1) is 14.6. The van der Waals surface area contributed by atoms with Gasteiger partial charge in [-0.3, -0.25) is 4.79 Å². The molecule has 5 nitrogen and oxygen atoms in total. The molecule has 116 valence electrons. The van der Waals surface area contributed by atoms with Crippen LogP contribution in [0.2, 0.25) is 0 Å². The van der Waals surface area contributed by atoms with Gasteiger partial charge in [-0.15, -0.1) is 0 Å². The number of hydrogen-bond donors (Lipinski definition) is 1. The van der Waals surface area contributed by atoms with Crippen LogP contribution in [0.15, 0.2) is 18.3 Å². The molecule has 1 aromatic rings. The molecule has 21 heavy (non-hydrogen) atoms. The molecule has 3 heterocycles. The molecular formula is C16H25N3O2. The first-order valence-corrected chi connectivity index (χ1v) is 8.01. The van der Waals surface area contributed by atoms with Crippen LogP contribution in [0.5, 0.6) is 0 Å². The van der Waals surface area contributed by atoms with Crippen LogP contribution < -0.4 is 5.32 Å². The van der Waals surface area contributed by atoms with E-state index in [-0.39, 0.29) is 18.1 Å². The number of amides is 1. The fourth-order valence-corrected chi connectivity index (χ4v) is 3.41. The average Bonchev–Trinajstić information content (AvgIpc) is 2.80. The Morgan fingerprint density at radius 1 is 1.38 bits per heavy atom. The van der Waals surface area contributed by atoms with Crippen LogP contribution in [-0.2, 0) is 16.6 Å². The third-order valence-electron chi connectivity index (χ3n) is 4.56. The first-order chi connectivity index (χ1) is 10.3. The number of aromatic nitrogens is 1. The number of likely N-dealkylation sites (tertiary alicyclic amines) is 1. The molecule has 1 amide bonds. The molecule has 2 aliphatic rings. The van der Waals surface area contributed by atoms with Gasteiger partial charge in [0, 0.05) is 38.6 Å². The molecule has 2 atom stereocenters. The summed E-state index contributed by atoms with van der Waals surface area (Å²) in [5, 5.41) is 3.25. The lowest BCUT2D eigenvalue weighted by atomic mass is 10.1. The van der Waals surface area contributed by atoms with Crippen molar-refractivity contribution in [3.8, 4) is 0 Å². The summed E-state index contributed by atoms with van der Waals surface area (Å²) in [6.07, 6.45) is 6.26. The molecule has 0 saturated carbocycles. The number of aryl methyl sites for hydroxylation is 1. The van der Waals surface area contributed by atoms with E-state index in [1.807, 2.05) is 0 Å². The van der Waals surface area contributed by atoms with E-state index in [0.29, 0.717) is 13.2 Å². The normalized spacial score (nSPS) is 27.4. The van der Waals surface area contributed by atoms with Crippen LogP contribution in [0, 0.1) is 0 Å². The van der Waals surface area contributed by atoms with E-state index in [9.17, 15) is 4.79 Å². The van der Waals surface area contributed by atoms with Gasteiger partial charge in [0.25, 0.3) is 5.91 Å². The van der Waals surface area contributed by atoms with Crippen LogP contribution in [0.3, 0.4) is 0 Å². The molecule has 0 spiro atoms. The number of morpholine rings is 1. The zero-order chi connectivity index (χ0) is 14.7. The molecule has 5 heteroatoms. The van der Waals surface area contributed by atoms with Crippen molar-refractivity contribution in [2.24, 2.45) is 7.05 Å². The third-order valence-corrected chi connectivity index (χ3v) is 4.56. The number of rotatable bonds is 2. The highest BCUT2D eigenvalue weighted by Crippen LogP contribution is 2.31. The predicted octanol–water partition coefficient (Wildman–Crippen LogP) is 1.46. The van der Waals surface area contributed by atoms with E-state index >= 15 is 0 Å². The highest BCUT2D eigenvalue weighted by Gasteiger charge is 2.33. The van der Waals surface area contributed by atoms with E-state index in [1.165, 1.54) is 18.5 Å². The summed E-state index contributed by atoms with van der Waals surface area (Å²) in [7, 11) is 2.06. The van der Waals surface area contributed by atoms with Crippen molar-refractivity contribution in [2.45, 2.75) is 37.8 Å². The maximum atomic E-state index is 12.9. The summed E-state index contributed by atoms with van der Waals surface area (Å²) in [6, 6.07) is 4.38. The maximum Gasteiger partial charge on any atom is 0.253 e. The van der Waals surface area contributed by atoms with Crippen molar-refractivity contribution >= 4 is 5.91 Å². The van der Waals surface area contributed by atoms with Crippen LogP contribution in [0.1, 0.15) is 37.4 Å². The average molecular weight is 291 g/mol. The third kappa shape index (κ3) is 3.14. The highest BCUT2D eigenvalue weighted by molar-refractivity contribution is 5.81. The van der Waals surface area contributed by atoms with Gasteiger partial charge in [-0.25, -0.2) is 0 Å². The van der Waals surface area contributed by atoms with Gasteiger partial charge in [0.2, 0.25) is 0 Å². The predicted molar refractivity (Wildman–Crippen MR) is 80.9 cm³/mol. The molecule has 0 aromatic carbocycles. The lowest BCUT2D eigenvalue weighted by Gasteiger charge is -2.34. The Bertz CT molecular complexity index is 480. The van der Waals surface area contributed by atoms with Crippen molar-refractivity contribution in [3.63, 3.8) is 0 Å². The first-order valence-electron chi connectivity index (χ1n) is 8.01. The molecule has 2 saturated heterocycles.